The van der Waals surface area contributed by atoms with E-state index in [1.165, 1.54) is 16.2 Å². The zero-order valence-electron chi connectivity index (χ0n) is 16.7. The Balaban J connectivity index is 1.76. The van der Waals surface area contributed by atoms with Gasteiger partial charge in [0.2, 0.25) is 5.76 Å². The van der Waals surface area contributed by atoms with Gasteiger partial charge in [-0.1, -0.05) is 23.7 Å². The number of fused-ring (bicyclic) bond motifs is 2. The normalized spacial score (nSPS) is 15.5. The predicted molar refractivity (Wildman–Crippen MR) is 121 cm³/mol. The van der Waals surface area contributed by atoms with Crippen molar-refractivity contribution in [1.82, 2.24) is 4.98 Å². The van der Waals surface area contributed by atoms with Gasteiger partial charge in [-0.25, -0.2) is 4.98 Å². The van der Waals surface area contributed by atoms with Crippen LogP contribution in [-0.4, -0.2) is 17.5 Å². The summed E-state index contributed by atoms with van der Waals surface area (Å²) in [6.45, 7) is 4.32. The quantitative estimate of drug-likeness (QED) is 0.416. The number of carbonyl (C=O) groups excluding carboxylic acids is 1. The molecule has 0 aliphatic carbocycles. The summed E-state index contributed by atoms with van der Waals surface area (Å²) in [5, 5.41) is 3.14. The molecule has 0 fully saturated rings. The number of rotatable bonds is 4. The highest BCUT2D eigenvalue weighted by Crippen LogP contribution is 2.42. The smallest absolute Gasteiger partial charge is 0.297 e. The van der Waals surface area contributed by atoms with Crippen LogP contribution in [0.5, 0.6) is 5.75 Å². The molecule has 1 atom stereocenters. The van der Waals surface area contributed by atoms with Crippen LogP contribution >= 0.6 is 22.9 Å². The van der Waals surface area contributed by atoms with Gasteiger partial charge in [0.1, 0.15) is 11.3 Å². The Morgan fingerprint density at radius 1 is 1.19 bits per heavy atom. The second-order valence-electron chi connectivity index (χ2n) is 7.17. The van der Waals surface area contributed by atoms with E-state index in [1.807, 2.05) is 43.5 Å². The molecular weight excluding hydrogens is 436 g/mol. The minimum absolute atomic E-state index is 0.0339. The number of anilines is 1. The van der Waals surface area contributed by atoms with E-state index < -0.39 is 11.9 Å². The molecule has 0 spiro atoms. The first kappa shape index (κ1) is 19.8. The van der Waals surface area contributed by atoms with Crippen LogP contribution in [0.2, 0.25) is 5.02 Å². The van der Waals surface area contributed by atoms with Crippen LogP contribution in [0.25, 0.3) is 11.0 Å². The molecule has 4 aromatic rings. The van der Waals surface area contributed by atoms with E-state index in [0.717, 1.165) is 11.3 Å². The summed E-state index contributed by atoms with van der Waals surface area (Å²) in [7, 11) is 0. The van der Waals surface area contributed by atoms with Crippen LogP contribution in [0.1, 0.15) is 40.3 Å². The lowest BCUT2D eigenvalue weighted by Gasteiger charge is -2.22. The van der Waals surface area contributed by atoms with Gasteiger partial charge in [-0.2, -0.15) is 0 Å². The second kappa shape index (κ2) is 7.51. The summed E-state index contributed by atoms with van der Waals surface area (Å²) in [4.78, 5) is 33.0. The summed E-state index contributed by atoms with van der Waals surface area (Å²) in [5.74, 6) is 0.355. The third-order valence-electron chi connectivity index (χ3n) is 5.15. The average molecular weight is 453 g/mol. The third-order valence-corrected chi connectivity index (χ3v) is 6.34. The number of amides is 1. The molecule has 6 nitrogen and oxygen atoms in total. The zero-order valence-corrected chi connectivity index (χ0v) is 18.3. The van der Waals surface area contributed by atoms with Crippen molar-refractivity contribution in [2.45, 2.75) is 19.9 Å². The largest absolute Gasteiger partial charge is 0.494 e. The van der Waals surface area contributed by atoms with E-state index in [2.05, 4.69) is 4.98 Å². The average Bonchev–Trinajstić information content (AvgIpc) is 3.31. The Hall–Kier alpha value is -3.16. The molecule has 0 N–H and O–H groups in total. The summed E-state index contributed by atoms with van der Waals surface area (Å²) in [5.41, 5.74) is 1.89. The molecule has 1 aliphatic rings. The number of thiazole rings is 1. The van der Waals surface area contributed by atoms with E-state index >= 15 is 0 Å². The molecule has 2 aromatic heterocycles. The number of benzene rings is 2. The SMILES string of the molecule is CCOc1ccc([C@H]2c3c(oc4ccc(Cl)cc4c3=O)C(=O)N2c2nc(C)cs2)cc1. The van der Waals surface area contributed by atoms with Crippen molar-refractivity contribution in [3.05, 3.63) is 85.7 Å². The predicted octanol–water partition coefficient (Wildman–Crippen LogP) is 5.36. The van der Waals surface area contributed by atoms with Gasteiger partial charge in [0, 0.05) is 10.4 Å². The molecule has 5 rings (SSSR count). The van der Waals surface area contributed by atoms with E-state index in [0.29, 0.717) is 33.5 Å². The molecule has 0 unspecified atom stereocenters. The molecule has 3 heterocycles. The van der Waals surface area contributed by atoms with Gasteiger partial charge in [-0.3, -0.25) is 14.5 Å². The van der Waals surface area contributed by atoms with Crippen LogP contribution in [0.3, 0.4) is 0 Å². The molecule has 0 bridgehead atoms. The molecule has 0 saturated heterocycles. The van der Waals surface area contributed by atoms with Gasteiger partial charge < -0.3 is 9.15 Å². The van der Waals surface area contributed by atoms with Crippen LogP contribution in [-0.2, 0) is 0 Å². The lowest BCUT2D eigenvalue weighted by molar-refractivity contribution is 0.0971. The molecule has 31 heavy (non-hydrogen) atoms. The maximum absolute atomic E-state index is 13.5. The van der Waals surface area contributed by atoms with Crippen molar-refractivity contribution < 1.29 is 13.9 Å². The van der Waals surface area contributed by atoms with Gasteiger partial charge in [0.15, 0.2) is 10.6 Å². The summed E-state index contributed by atoms with van der Waals surface area (Å²) >= 11 is 7.47. The molecule has 0 saturated carbocycles. The van der Waals surface area contributed by atoms with Crippen molar-refractivity contribution in [1.29, 1.82) is 0 Å². The Bertz CT molecular complexity index is 1380. The molecule has 0 radical (unpaired) electrons. The highest BCUT2D eigenvalue weighted by atomic mass is 35.5. The number of ether oxygens (including phenoxy) is 1. The standard InChI is InChI=1S/C23H17ClN2O4S/c1-3-29-15-7-4-13(5-8-15)19-18-20(27)16-10-14(24)6-9-17(16)30-21(18)22(28)26(19)23-25-12(2)11-31-23/h4-11,19H,3H2,1-2H3/t19-/m0/s1. The maximum atomic E-state index is 13.5. The fraction of sp³-hybridized carbons (Fsp3) is 0.174. The van der Waals surface area contributed by atoms with Crippen LogP contribution in [0.4, 0.5) is 5.13 Å². The van der Waals surface area contributed by atoms with Crippen molar-refractivity contribution >= 4 is 44.9 Å². The second-order valence-corrected chi connectivity index (χ2v) is 8.44. The fourth-order valence-corrected chi connectivity index (χ4v) is 4.82. The summed E-state index contributed by atoms with van der Waals surface area (Å²) < 4.78 is 11.5. The van der Waals surface area contributed by atoms with E-state index in [-0.39, 0.29) is 16.8 Å². The van der Waals surface area contributed by atoms with Crippen molar-refractivity contribution in [3.8, 4) is 5.75 Å². The third kappa shape index (κ3) is 3.21. The minimum Gasteiger partial charge on any atom is -0.494 e. The number of hydrogen-bond acceptors (Lipinski definition) is 6. The van der Waals surface area contributed by atoms with Crippen molar-refractivity contribution in [2.75, 3.05) is 11.5 Å². The van der Waals surface area contributed by atoms with Gasteiger partial charge in [0.25, 0.3) is 5.91 Å². The highest BCUT2D eigenvalue weighted by molar-refractivity contribution is 7.14. The molecule has 8 heteroatoms. The first-order valence-electron chi connectivity index (χ1n) is 9.72. The maximum Gasteiger partial charge on any atom is 0.297 e. The molecule has 156 valence electrons. The summed E-state index contributed by atoms with van der Waals surface area (Å²) in [6, 6.07) is 11.5. The van der Waals surface area contributed by atoms with Gasteiger partial charge in [-0.05, 0) is 49.7 Å². The number of aryl methyl sites for hydroxylation is 1. The lowest BCUT2D eigenvalue weighted by atomic mass is 9.98. The molecular formula is C23H17ClN2O4S. The van der Waals surface area contributed by atoms with E-state index in [1.54, 1.807) is 18.2 Å². The Morgan fingerprint density at radius 2 is 1.97 bits per heavy atom. The van der Waals surface area contributed by atoms with Crippen LogP contribution in [0, 0.1) is 6.92 Å². The van der Waals surface area contributed by atoms with Gasteiger partial charge in [-0.15, -0.1) is 11.3 Å². The molecule has 1 aliphatic heterocycles. The van der Waals surface area contributed by atoms with Crippen molar-refractivity contribution in [2.24, 2.45) is 0 Å². The number of carbonyl (C=O) groups is 1. The Labute approximate surface area is 186 Å². The van der Waals surface area contributed by atoms with E-state index in [9.17, 15) is 9.59 Å². The topological polar surface area (TPSA) is 72.6 Å². The first-order valence-corrected chi connectivity index (χ1v) is 11.0. The first-order chi connectivity index (χ1) is 15.0. The monoisotopic (exact) mass is 452 g/mol. The molecule has 2 aromatic carbocycles. The number of nitrogens with zero attached hydrogens (tertiary/aromatic N) is 2. The fourth-order valence-electron chi connectivity index (χ4n) is 3.82. The Kier molecular flexibility index (Phi) is 4.79. The number of halogens is 1. The lowest BCUT2D eigenvalue weighted by Crippen LogP contribution is -2.29. The highest BCUT2D eigenvalue weighted by Gasteiger charge is 2.44. The minimum atomic E-state index is -0.664. The van der Waals surface area contributed by atoms with E-state index in [4.69, 9.17) is 20.8 Å². The van der Waals surface area contributed by atoms with Gasteiger partial charge in [0.05, 0.1) is 29.3 Å². The number of hydrogen-bond donors (Lipinski definition) is 0. The Morgan fingerprint density at radius 3 is 2.65 bits per heavy atom. The zero-order chi connectivity index (χ0) is 21.7. The molecule has 1 amide bonds. The van der Waals surface area contributed by atoms with Crippen molar-refractivity contribution in [3.63, 3.8) is 0 Å². The summed E-state index contributed by atoms with van der Waals surface area (Å²) in [6.07, 6.45) is 0. The van der Waals surface area contributed by atoms with Crippen LogP contribution in [0.15, 0.2) is 57.1 Å². The van der Waals surface area contributed by atoms with Crippen LogP contribution < -0.4 is 15.1 Å². The number of aromatic nitrogens is 1. The van der Waals surface area contributed by atoms with Gasteiger partial charge >= 0.3 is 0 Å².